The summed E-state index contributed by atoms with van der Waals surface area (Å²) in [5, 5.41) is 10.3. The quantitative estimate of drug-likeness (QED) is 0.770. The molecule has 4 nitrogen and oxygen atoms in total. The van der Waals surface area contributed by atoms with E-state index in [2.05, 4.69) is 0 Å². The van der Waals surface area contributed by atoms with E-state index in [1.54, 1.807) is 21.0 Å². The average molecular weight is 266 g/mol. The van der Waals surface area contributed by atoms with Crippen LogP contribution < -0.4 is 4.74 Å². The number of hydrogen-bond donors (Lipinski definition) is 1. The molecule has 106 valence electrons. The van der Waals surface area contributed by atoms with Crippen LogP contribution in [0.2, 0.25) is 0 Å². The molecule has 0 aliphatic rings. The molecule has 1 atom stereocenters. The minimum absolute atomic E-state index is 0.233. The van der Waals surface area contributed by atoms with Crippen LogP contribution in [0, 0.1) is 0 Å². The molecule has 0 radical (unpaired) electrons. The van der Waals surface area contributed by atoms with Crippen LogP contribution in [0.15, 0.2) is 24.3 Å². The summed E-state index contributed by atoms with van der Waals surface area (Å²) < 4.78 is 9.93. The van der Waals surface area contributed by atoms with Crippen LogP contribution in [0.4, 0.5) is 0 Å². The molecule has 1 aromatic rings. The Morgan fingerprint density at radius 2 is 1.95 bits per heavy atom. The van der Waals surface area contributed by atoms with E-state index >= 15 is 0 Å². The molecule has 0 aliphatic carbocycles. The molecular formula is C15H22O4. The second-order valence-corrected chi connectivity index (χ2v) is 4.83. The van der Waals surface area contributed by atoms with Gasteiger partial charge in [-0.1, -0.05) is 12.1 Å². The van der Waals surface area contributed by atoms with Crippen LogP contribution in [0.1, 0.15) is 32.3 Å². The number of esters is 1. The summed E-state index contributed by atoms with van der Waals surface area (Å²) in [4.78, 5) is 11.3. The van der Waals surface area contributed by atoms with Crippen molar-refractivity contribution >= 4 is 5.97 Å². The molecule has 1 unspecified atom stereocenters. The summed E-state index contributed by atoms with van der Waals surface area (Å²) in [6.45, 7) is 3.88. The molecule has 0 fully saturated rings. The Morgan fingerprint density at radius 1 is 1.32 bits per heavy atom. The van der Waals surface area contributed by atoms with Gasteiger partial charge in [-0.25, -0.2) is 0 Å². The van der Waals surface area contributed by atoms with Crippen molar-refractivity contribution < 1.29 is 19.4 Å². The first-order chi connectivity index (χ1) is 8.96. The number of hydrogen-bond acceptors (Lipinski definition) is 4. The van der Waals surface area contributed by atoms with Crippen LogP contribution in [0.3, 0.4) is 0 Å². The molecule has 1 N–H and O–H groups in total. The van der Waals surface area contributed by atoms with Crippen molar-refractivity contribution in [2.45, 2.75) is 38.7 Å². The average Bonchev–Trinajstić information content (AvgIpc) is 2.37. The maximum Gasteiger partial charge on any atom is 0.305 e. The third-order valence-electron chi connectivity index (χ3n) is 2.92. The summed E-state index contributed by atoms with van der Waals surface area (Å²) in [5.41, 5.74) is 0.0936. The Labute approximate surface area is 114 Å². The van der Waals surface area contributed by atoms with Gasteiger partial charge in [0.2, 0.25) is 0 Å². The zero-order valence-electron chi connectivity index (χ0n) is 11.8. The van der Waals surface area contributed by atoms with Crippen LogP contribution in [0.25, 0.3) is 0 Å². The molecule has 0 spiro atoms. The standard InChI is InChI=1S/C15H22O4/c1-4-19-14(16)9-10-15(2,17)11-12-5-7-13(18-3)8-6-12/h5-8,17H,4,9-11H2,1-3H3. The lowest BCUT2D eigenvalue weighted by molar-refractivity contribution is -0.144. The van der Waals surface area contributed by atoms with Crippen molar-refractivity contribution in [1.82, 2.24) is 0 Å². The Bertz CT molecular complexity index is 395. The van der Waals surface area contributed by atoms with Gasteiger partial charge in [0.1, 0.15) is 5.75 Å². The first-order valence-electron chi connectivity index (χ1n) is 6.48. The van der Waals surface area contributed by atoms with Crippen molar-refractivity contribution in [3.8, 4) is 5.75 Å². The molecule has 19 heavy (non-hydrogen) atoms. The van der Waals surface area contributed by atoms with Crippen molar-refractivity contribution in [1.29, 1.82) is 0 Å². The van der Waals surface area contributed by atoms with Crippen LogP contribution in [-0.2, 0) is 16.0 Å². The van der Waals surface area contributed by atoms with E-state index in [9.17, 15) is 9.90 Å². The number of benzene rings is 1. The van der Waals surface area contributed by atoms with Crippen molar-refractivity contribution in [2.24, 2.45) is 0 Å². The molecule has 1 rings (SSSR count). The summed E-state index contributed by atoms with van der Waals surface area (Å²) in [6.07, 6.45) is 1.12. The molecule has 1 aromatic carbocycles. The minimum Gasteiger partial charge on any atom is -0.497 e. The van der Waals surface area contributed by atoms with Gasteiger partial charge in [0.15, 0.2) is 0 Å². The van der Waals surface area contributed by atoms with Gasteiger partial charge in [-0.05, 0) is 38.0 Å². The fourth-order valence-electron chi connectivity index (χ4n) is 1.88. The molecule has 0 bridgehead atoms. The molecule has 0 saturated heterocycles. The van der Waals surface area contributed by atoms with Crippen LogP contribution in [-0.4, -0.2) is 30.4 Å². The monoisotopic (exact) mass is 266 g/mol. The number of carbonyl (C=O) groups excluding carboxylic acids is 1. The number of carbonyl (C=O) groups is 1. The van der Waals surface area contributed by atoms with Crippen molar-refractivity contribution in [3.63, 3.8) is 0 Å². The third-order valence-corrected chi connectivity index (χ3v) is 2.92. The van der Waals surface area contributed by atoms with E-state index in [0.717, 1.165) is 11.3 Å². The van der Waals surface area contributed by atoms with Crippen molar-refractivity contribution in [2.75, 3.05) is 13.7 Å². The summed E-state index contributed by atoms with van der Waals surface area (Å²) in [7, 11) is 1.62. The van der Waals surface area contributed by atoms with Gasteiger partial charge >= 0.3 is 5.97 Å². The van der Waals surface area contributed by atoms with E-state index in [1.807, 2.05) is 24.3 Å². The smallest absolute Gasteiger partial charge is 0.305 e. The normalized spacial score (nSPS) is 13.7. The zero-order chi connectivity index (χ0) is 14.3. The molecular weight excluding hydrogens is 244 g/mol. The first-order valence-corrected chi connectivity index (χ1v) is 6.48. The molecule has 0 saturated carbocycles. The zero-order valence-corrected chi connectivity index (χ0v) is 11.8. The Hall–Kier alpha value is -1.55. The molecule has 0 aliphatic heterocycles. The number of aliphatic hydroxyl groups is 1. The number of methoxy groups -OCH3 is 1. The highest BCUT2D eigenvalue weighted by atomic mass is 16.5. The second kappa shape index (κ2) is 7.14. The Balaban J connectivity index is 2.50. The lowest BCUT2D eigenvalue weighted by Gasteiger charge is -2.23. The highest BCUT2D eigenvalue weighted by Gasteiger charge is 2.22. The number of rotatable bonds is 7. The summed E-state index contributed by atoms with van der Waals surface area (Å²) in [6, 6.07) is 7.54. The maximum absolute atomic E-state index is 11.3. The Kier molecular flexibility index (Phi) is 5.83. The van der Waals surface area contributed by atoms with Gasteiger partial charge in [0.05, 0.1) is 19.3 Å². The highest BCUT2D eigenvalue weighted by Crippen LogP contribution is 2.21. The lowest BCUT2D eigenvalue weighted by Crippen LogP contribution is -2.28. The highest BCUT2D eigenvalue weighted by molar-refractivity contribution is 5.69. The third kappa shape index (κ3) is 5.75. The van der Waals surface area contributed by atoms with Crippen molar-refractivity contribution in [3.05, 3.63) is 29.8 Å². The Morgan fingerprint density at radius 3 is 2.47 bits per heavy atom. The molecule has 0 heterocycles. The fourth-order valence-corrected chi connectivity index (χ4v) is 1.88. The fraction of sp³-hybridized carbons (Fsp3) is 0.533. The van der Waals surface area contributed by atoms with Gasteiger partial charge in [0, 0.05) is 12.8 Å². The number of ether oxygens (including phenoxy) is 2. The predicted molar refractivity (Wildman–Crippen MR) is 73.2 cm³/mol. The minimum atomic E-state index is -0.915. The van der Waals surface area contributed by atoms with Gasteiger partial charge in [-0.2, -0.15) is 0 Å². The lowest BCUT2D eigenvalue weighted by atomic mass is 9.92. The van der Waals surface area contributed by atoms with E-state index in [0.29, 0.717) is 19.4 Å². The molecule has 0 aromatic heterocycles. The van der Waals surface area contributed by atoms with Crippen LogP contribution >= 0.6 is 0 Å². The molecule has 0 amide bonds. The summed E-state index contributed by atoms with van der Waals surface area (Å²) >= 11 is 0. The molecule has 4 heteroatoms. The largest absolute Gasteiger partial charge is 0.497 e. The van der Waals surface area contributed by atoms with Crippen LogP contribution in [0.5, 0.6) is 5.75 Å². The van der Waals surface area contributed by atoms with E-state index in [1.165, 1.54) is 0 Å². The topological polar surface area (TPSA) is 55.8 Å². The van der Waals surface area contributed by atoms with E-state index in [4.69, 9.17) is 9.47 Å². The van der Waals surface area contributed by atoms with Gasteiger partial charge in [-0.3, -0.25) is 4.79 Å². The predicted octanol–water partition coefficient (Wildman–Crippen LogP) is 2.33. The summed E-state index contributed by atoms with van der Waals surface area (Å²) in [5.74, 6) is 0.521. The second-order valence-electron chi connectivity index (χ2n) is 4.83. The SMILES string of the molecule is CCOC(=O)CCC(C)(O)Cc1ccc(OC)cc1. The maximum atomic E-state index is 11.3. The van der Waals surface area contributed by atoms with Gasteiger partial charge < -0.3 is 14.6 Å². The van der Waals surface area contributed by atoms with E-state index in [-0.39, 0.29) is 12.4 Å². The van der Waals surface area contributed by atoms with Gasteiger partial charge in [-0.15, -0.1) is 0 Å². The first kappa shape index (κ1) is 15.5. The van der Waals surface area contributed by atoms with E-state index < -0.39 is 5.60 Å². The van der Waals surface area contributed by atoms with Gasteiger partial charge in [0.25, 0.3) is 0 Å².